The molecule has 0 aliphatic rings. The molecule has 0 atom stereocenters. The van der Waals surface area contributed by atoms with E-state index >= 15 is 0 Å². The first-order chi connectivity index (χ1) is 13.5. The van der Waals surface area contributed by atoms with Crippen molar-refractivity contribution in [3.05, 3.63) is 74.8 Å². The molecule has 0 bridgehead atoms. The topological polar surface area (TPSA) is 85.6 Å². The lowest BCUT2D eigenvalue weighted by Gasteiger charge is -2.06. The Labute approximate surface area is 166 Å². The van der Waals surface area contributed by atoms with Crippen LogP contribution in [0.4, 0.5) is 0 Å². The fourth-order valence-electron chi connectivity index (χ4n) is 3.30. The number of nitrogens with zero attached hydrogens (tertiary/aromatic N) is 4. The second-order valence-electron chi connectivity index (χ2n) is 6.27. The number of aromatic amines is 1. The zero-order chi connectivity index (χ0) is 19.4. The summed E-state index contributed by atoms with van der Waals surface area (Å²) in [6, 6.07) is 9.16. The summed E-state index contributed by atoms with van der Waals surface area (Å²) in [6.45, 7) is 0. The van der Waals surface area contributed by atoms with Crippen LogP contribution in [0.2, 0.25) is 5.02 Å². The Morgan fingerprint density at radius 3 is 2.79 bits per heavy atom. The third-order valence-corrected chi connectivity index (χ3v) is 6.06. The monoisotopic (exact) mass is 409 g/mol. The van der Waals surface area contributed by atoms with Crippen LogP contribution in [0.1, 0.15) is 0 Å². The average Bonchev–Trinajstić information content (AvgIpc) is 3.27. The van der Waals surface area contributed by atoms with Gasteiger partial charge in [0.05, 0.1) is 29.1 Å². The van der Waals surface area contributed by atoms with Crippen molar-refractivity contribution in [1.82, 2.24) is 24.3 Å². The van der Waals surface area contributed by atoms with Crippen molar-refractivity contribution in [3.63, 3.8) is 0 Å². The van der Waals surface area contributed by atoms with Crippen molar-refractivity contribution in [3.8, 4) is 16.1 Å². The maximum absolute atomic E-state index is 13.2. The Morgan fingerprint density at radius 2 is 1.96 bits per heavy atom. The summed E-state index contributed by atoms with van der Waals surface area (Å²) in [5.41, 5.74) is 1.40. The van der Waals surface area contributed by atoms with Gasteiger partial charge in [-0.05, 0) is 12.1 Å². The van der Waals surface area contributed by atoms with Crippen molar-refractivity contribution in [1.29, 1.82) is 0 Å². The van der Waals surface area contributed by atoms with Crippen LogP contribution >= 0.6 is 22.9 Å². The third-order valence-electron chi connectivity index (χ3n) is 4.57. The van der Waals surface area contributed by atoms with Crippen molar-refractivity contribution in [2.45, 2.75) is 0 Å². The van der Waals surface area contributed by atoms with Gasteiger partial charge >= 0.3 is 5.69 Å². The number of aryl methyl sites for hydroxylation is 1. The maximum atomic E-state index is 13.2. The number of benzene rings is 1. The largest absolute Gasteiger partial charge is 0.333 e. The first-order valence-corrected chi connectivity index (χ1v) is 9.54. The minimum Gasteiger partial charge on any atom is -0.306 e. The van der Waals surface area contributed by atoms with Crippen LogP contribution in [-0.2, 0) is 7.05 Å². The number of hydrogen-bond acceptors (Lipinski definition) is 5. The average molecular weight is 410 g/mol. The second-order valence-corrected chi connectivity index (χ2v) is 7.73. The molecule has 5 rings (SSSR count). The molecule has 28 heavy (non-hydrogen) atoms. The van der Waals surface area contributed by atoms with E-state index in [-0.39, 0.29) is 0 Å². The van der Waals surface area contributed by atoms with Crippen LogP contribution < -0.4 is 11.2 Å². The molecule has 0 saturated carbocycles. The fourth-order valence-corrected chi connectivity index (χ4v) is 4.67. The molecule has 0 saturated heterocycles. The summed E-state index contributed by atoms with van der Waals surface area (Å²) in [5.74, 6) is 0. The number of thiophene rings is 1. The zero-order valence-corrected chi connectivity index (χ0v) is 16.1. The summed E-state index contributed by atoms with van der Waals surface area (Å²) < 4.78 is 3.16. The fraction of sp³-hybridized carbons (Fsp3) is 0.0526. The van der Waals surface area contributed by atoms with Gasteiger partial charge in [-0.2, -0.15) is 5.10 Å². The van der Waals surface area contributed by atoms with Gasteiger partial charge in [0.1, 0.15) is 4.70 Å². The molecule has 0 unspecified atom stereocenters. The first-order valence-electron chi connectivity index (χ1n) is 8.34. The predicted octanol–water partition coefficient (Wildman–Crippen LogP) is 3.34. The summed E-state index contributed by atoms with van der Waals surface area (Å²) in [7, 11) is 1.75. The van der Waals surface area contributed by atoms with Gasteiger partial charge in [0.15, 0.2) is 0 Å². The highest BCUT2D eigenvalue weighted by molar-refractivity contribution is 7.22. The van der Waals surface area contributed by atoms with Gasteiger partial charge in [-0.25, -0.2) is 9.36 Å². The Hall–Kier alpha value is -3.23. The molecule has 138 valence electrons. The Kier molecular flexibility index (Phi) is 3.71. The number of fused-ring (bicyclic) bond motifs is 2. The van der Waals surface area contributed by atoms with E-state index in [1.54, 1.807) is 36.3 Å². The van der Waals surface area contributed by atoms with Gasteiger partial charge in [0.25, 0.3) is 5.56 Å². The van der Waals surface area contributed by atoms with Gasteiger partial charge < -0.3 is 4.98 Å². The summed E-state index contributed by atoms with van der Waals surface area (Å²) in [6.07, 6.45) is 4.78. The highest BCUT2D eigenvalue weighted by Crippen LogP contribution is 2.35. The number of hydrogen-bond donors (Lipinski definition) is 1. The molecule has 0 aliphatic carbocycles. The van der Waals surface area contributed by atoms with Crippen molar-refractivity contribution in [2.24, 2.45) is 7.05 Å². The molecule has 4 aromatic heterocycles. The van der Waals surface area contributed by atoms with Crippen molar-refractivity contribution >= 4 is 44.1 Å². The molecule has 0 amide bonds. The number of H-pyrrole nitrogens is 1. The van der Waals surface area contributed by atoms with Crippen LogP contribution in [0.3, 0.4) is 0 Å². The zero-order valence-electron chi connectivity index (χ0n) is 14.5. The lowest BCUT2D eigenvalue weighted by Crippen LogP contribution is -2.33. The van der Waals surface area contributed by atoms with E-state index in [1.807, 2.05) is 18.2 Å². The Bertz CT molecular complexity index is 1490. The van der Waals surface area contributed by atoms with Crippen LogP contribution in [0.15, 0.2) is 58.5 Å². The molecule has 1 N–H and O–H groups in total. The van der Waals surface area contributed by atoms with Gasteiger partial charge in [0.2, 0.25) is 0 Å². The summed E-state index contributed by atoms with van der Waals surface area (Å²) >= 11 is 7.58. The minimum absolute atomic E-state index is 0.387. The van der Waals surface area contributed by atoms with E-state index in [9.17, 15) is 9.59 Å². The minimum atomic E-state index is -0.531. The smallest absolute Gasteiger partial charge is 0.306 e. The number of rotatable bonds is 2. The van der Waals surface area contributed by atoms with Crippen molar-refractivity contribution in [2.75, 3.05) is 0 Å². The lowest BCUT2D eigenvalue weighted by atomic mass is 10.2. The molecular weight excluding hydrogens is 398 g/mol. The highest BCUT2D eigenvalue weighted by atomic mass is 35.5. The summed E-state index contributed by atoms with van der Waals surface area (Å²) in [5, 5.41) is 5.52. The molecule has 5 aromatic rings. The van der Waals surface area contributed by atoms with Gasteiger partial charge in [0, 0.05) is 34.1 Å². The standard InChI is InChI=1S/C19H12ClN5O2S/c1-24-16-10(8-22-24)7-21-9-14(16)25-18(26)17-13(23-19(25)27)6-15(28-17)11-4-2-3-5-12(11)20/h2-9H,1H3,(H,23,27). The normalized spacial score (nSPS) is 11.5. The molecule has 0 fully saturated rings. The number of pyridine rings is 1. The molecule has 0 spiro atoms. The van der Waals surface area contributed by atoms with Crippen LogP contribution in [-0.4, -0.2) is 24.3 Å². The predicted molar refractivity (Wildman–Crippen MR) is 111 cm³/mol. The van der Waals surface area contributed by atoms with E-state index in [2.05, 4.69) is 15.1 Å². The molecule has 1 aromatic carbocycles. The van der Waals surface area contributed by atoms with Gasteiger partial charge in [-0.1, -0.05) is 29.8 Å². The highest BCUT2D eigenvalue weighted by Gasteiger charge is 2.17. The molecule has 4 heterocycles. The van der Waals surface area contributed by atoms with Crippen LogP contribution in [0, 0.1) is 0 Å². The molecule has 0 radical (unpaired) electrons. The number of aromatic nitrogens is 5. The van der Waals surface area contributed by atoms with Crippen LogP contribution in [0.25, 0.3) is 37.2 Å². The van der Waals surface area contributed by atoms with Crippen molar-refractivity contribution < 1.29 is 0 Å². The molecule has 0 aliphatic heterocycles. The molecule has 7 nitrogen and oxygen atoms in total. The van der Waals surface area contributed by atoms with E-state index in [0.29, 0.717) is 26.4 Å². The maximum Gasteiger partial charge on any atom is 0.333 e. The molecular formula is C19H12ClN5O2S. The quantitative estimate of drug-likeness (QED) is 0.484. The Morgan fingerprint density at radius 1 is 1.14 bits per heavy atom. The molecule has 9 heteroatoms. The second kappa shape index (κ2) is 6.15. The third kappa shape index (κ3) is 2.42. The SMILES string of the molecule is Cn1ncc2cncc(-n3c(=O)[nH]c4cc(-c5ccccc5Cl)sc4c3=O)c21. The van der Waals surface area contributed by atoms with Gasteiger partial charge in [-0.3, -0.25) is 14.5 Å². The summed E-state index contributed by atoms with van der Waals surface area (Å²) in [4.78, 5) is 33.8. The lowest BCUT2D eigenvalue weighted by molar-refractivity contribution is 0.788. The van der Waals surface area contributed by atoms with Gasteiger partial charge in [-0.15, -0.1) is 11.3 Å². The number of nitrogens with one attached hydrogen (secondary N) is 1. The van der Waals surface area contributed by atoms with E-state index in [0.717, 1.165) is 20.4 Å². The number of halogens is 1. The van der Waals surface area contributed by atoms with E-state index < -0.39 is 11.2 Å². The van der Waals surface area contributed by atoms with E-state index in [1.165, 1.54) is 17.5 Å². The first kappa shape index (κ1) is 16.9. The van der Waals surface area contributed by atoms with E-state index in [4.69, 9.17) is 11.6 Å². The van der Waals surface area contributed by atoms with Crippen LogP contribution in [0.5, 0.6) is 0 Å². The Balaban J connectivity index is 1.82.